The van der Waals surface area contributed by atoms with E-state index in [-0.39, 0.29) is 0 Å². The summed E-state index contributed by atoms with van der Waals surface area (Å²) in [7, 11) is 1.79. The number of anilines is 3. The highest BCUT2D eigenvalue weighted by Crippen LogP contribution is 2.28. The summed E-state index contributed by atoms with van der Waals surface area (Å²) in [5.74, 6) is 1.87. The highest BCUT2D eigenvalue weighted by Gasteiger charge is 2.22. The molecule has 1 saturated heterocycles. The van der Waals surface area contributed by atoms with Gasteiger partial charge in [0.05, 0.1) is 11.8 Å². The normalized spacial score (nSPS) is 20.8. The number of nitrogens with two attached hydrogens (primary N) is 1. The molecule has 1 aliphatic heterocycles. The molecule has 0 atom stereocenters. The molecule has 1 saturated carbocycles. The smallest absolute Gasteiger partial charge is 0.151 e. The Morgan fingerprint density at radius 1 is 1.25 bits per heavy atom. The van der Waals surface area contributed by atoms with Crippen LogP contribution in [0.1, 0.15) is 32.1 Å². The van der Waals surface area contributed by atoms with Crippen LogP contribution in [-0.2, 0) is 4.74 Å². The molecule has 3 N–H and O–H groups in total. The van der Waals surface area contributed by atoms with Gasteiger partial charge in [0.2, 0.25) is 0 Å². The van der Waals surface area contributed by atoms with Crippen LogP contribution >= 0.6 is 0 Å². The summed E-state index contributed by atoms with van der Waals surface area (Å²) in [5, 5.41) is 3.46. The fourth-order valence-corrected chi connectivity index (χ4v) is 2.82. The fourth-order valence-electron chi connectivity index (χ4n) is 2.82. The number of piperidine rings is 1. The molecule has 0 unspecified atom stereocenters. The van der Waals surface area contributed by atoms with Crippen LogP contribution in [0.4, 0.5) is 17.3 Å². The summed E-state index contributed by atoms with van der Waals surface area (Å²) in [5.41, 5.74) is 6.77. The standard InChI is InChI=1S/C15H24N4O/c1-20-12-7-9-19(10-8-12)14-6-5-13(16)15(18-14)17-11-3-2-4-11/h5-6,11-12H,2-4,7-10,16H2,1H3,(H,17,18). The second-order valence-electron chi connectivity index (χ2n) is 5.80. The summed E-state index contributed by atoms with van der Waals surface area (Å²) in [6.45, 7) is 2.00. The Bertz CT molecular complexity index is 453. The first-order valence-electron chi connectivity index (χ1n) is 7.57. The summed E-state index contributed by atoms with van der Waals surface area (Å²) < 4.78 is 5.41. The minimum Gasteiger partial charge on any atom is -0.396 e. The first kappa shape index (κ1) is 13.5. The minimum absolute atomic E-state index is 0.396. The Hall–Kier alpha value is -1.49. The Morgan fingerprint density at radius 3 is 2.60 bits per heavy atom. The van der Waals surface area contributed by atoms with E-state index in [0.29, 0.717) is 12.1 Å². The first-order chi connectivity index (χ1) is 9.76. The lowest BCUT2D eigenvalue weighted by atomic mass is 9.93. The molecular weight excluding hydrogens is 252 g/mol. The van der Waals surface area contributed by atoms with Gasteiger partial charge in [-0.05, 0) is 44.2 Å². The van der Waals surface area contributed by atoms with E-state index in [1.165, 1.54) is 19.3 Å². The van der Waals surface area contributed by atoms with Crippen molar-refractivity contribution in [2.45, 2.75) is 44.2 Å². The highest BCUT2D eigenvalue weighted by molar-refractivity contribution is 5.65. The molecular formula is C15H24N4O. The number of nitrogen functional groups attached to an aromatic ring is 1. The highest BCUT2D eigenvalue weighted by atomic mass is 16.5. The van der Waals surface area contributed by atoms with Crippen LogP contribution in [-0.4, -0.2) is 37.3 Å². The van der Waals surface area contributed by atoms with E-state index in [1.807, 2.05) is 12.1 Å². The van der Waals surface area contributed by atoms with Gasteiger partial charge in [-0.25, -0.2) is 4.98 Å². The van der Waals surface area contributed by atoms with Crippen LogP contribution in [0.2, 0.25) is 0 Å². The van der Waals surface area contributed by atoms with Crippen molar-refractivity contribution in [2.24, 2.45) is 0 Å². The monoisotopic (exact) mass is 276 g/mol. The summed E-state index contributed by atoms with van der Waals surface area (Å²) in [4.78, 5) is 7.04. The van der Waals surface area contributed by atoms with Crippen molar-refractivity contribution in [2.75, 3.05) is 36.1 Å². The molecule has 0 radical (unpaired) electrons. The number of ether oxygens (including phenoxy) is 1. The molecule has 5 nitrogen and oxygen atoms in total. The predicted molar refractivity (Wildman–Crippen MR) is 82.2 cm³/mol. The lowest BCUT2D eigenvalue weighted by Gasteiger charge is -2.33. The zero-order valence-corrected chi connectivity index (χ0v) is 12.1. The Kier molecular flexibility index (Phi) is 3.96. The van der Waals surface area contributed by atoms with Crippen LogP contribution in [0, 0.1) is 0 Å². The van der Waals surface area contributed by atoms with Gasteiger partial charge in [0.1, 0.15) is 5.82 Å². The van der Waals surface area contributed by atoms with Gasteiger partial charge in [-0.2, -0.15) is 0 Å². The molecule has 3 rings (SSSR count). The molecule has 20 heavy (non-hydrogen) atoms. The molecule has 1 aromatic heterocycles. The van der Waals surface area contributed by atoms with Crippen LogP contribution < -0.4 is 16.0 Å². The van der Waals surface area contributed by atoms with Crippen LogP contribution in [0.25, 0.3) is 0 Å². The van der Waals surface area contributed by atoms with Gasteiger partial charge >= 0.3 is 0 Å². The van der Waals surface area contributed by atoms with Crippen molar-refractivity contribution in [1.82, 2.24) is 4.98 Å². The van der Waals surface area contributed by atoms with E-state index in [0.717, 1.165) is 43.3 Å². The zero-order valence-electron chi connectivity index (χ0n) is 12.1. The van der Waals surface area contributed by atoms with Gasteiger partial charge in [-0.1, -0.05) is 0 Å². The predicted octanol–water partition coefficient (Wildman–Crippen LogP) is 2.24. The SMILES string of the molecule is COC1CCN(c2ccc(N)c(NC3CCC3)n2)CC1. The van der Waals surface area contributed by atoms with E-state index in [4.69, 9.17) is 15.5 Å². The van der Waals surface area contributed by atoms with Gasteiger partial charge in [-0.15, -0.1) is 0 Å². The molecule has 0 bridgehead atoms. The van der Waals surface area contributed by atoms with Gasteiger partial charge in [0, 0.05) is 26.2 Å². The molecule has 2 fully saturated rings. The van der Waals surface area contributed by atoms with Gasteiger partial charge in [-0.3, -0.25) is 0 Å². The van der Waals surface area contributed by atoms with Crippen LogP contribution in [0.5, 0.6) is 0 Å². The molecule has 0 amide bonds. The number of aromatic nitrogens is 1. The molecule has 0 aromatic carbocycles. The second kappa shape index (κ2) is 5.87. The molecule has 1 aliphatic carbocycles. The molecule has 2 heterocycles. The number of rotatable bonds is 4. The van der Waals surface area contributed by atoms with E-state index in [1.54, 1.807) is 7.11 Å². The number of methoxy groups -OCH3 is 1. The van der Waals surface area contributed by atoms with Crippen LogP contribution in [0.15, 0.2) is 12.1 Å². The summed E-state index contributed by atoms with van der Waals surface area (Å²) >= 11 is 0. The maximum Gasteiger partial charge on any atom is 0.151 e. The third-order valence-electron chi connectivity index (χ3n) is 4.46. The molecule has 0 spiro atoms. The number of nitrogens with zero attached hydrogens (tertiary/aromatic N) is 2. The van der Waals surface area contributed by atoms with Crippen molar-refractivity contribution < 1.29 is 4.74 Å². The lowest BCUT2D eigenvalue weighted by Crippen LogP contribution is -2.37. The Balaban J connectivity index is 1.68. The third-order valence-corrected chi connectivity index (χ3v) is 4.46. The van der Waals surface area contributed by atoms with E-state index < -0.39 is 0 Å². The maximum atomic E-state index is 6.03. The van der Waals surface area contributed by atoms with Crippen molar-refractivity contribution >= 4 is 17.3 Å². The Morgan fingerprint density at radius 2 is 2.00 bits per heavy atom. The quantitative estimate of drug-likeness (QED) is 0.883. The summed E-state index contributed by atoms with van der Waals surface area (Å²) in [6, 6.07) is 4.54. The number of hydrogen-bond donors (Lipinski definition) is 2. The molecule has 110 valence electrons. The van der Waals surface area contributed by atoms with Crippen molar-refractivity contribution in [3.63, 3.8) is 0 Å². The van der Waals surface area contributed by atoms with Gasteiger partial charge in [0.15, 0.2) is 5.82 Å². The zero-order chi connectivity index (χ0) is 13.9. The third kappa shape index (κ3) is 2.82. The number of pyridine rings is 1. The maximum absolute atomic E-state index is 6.03. The Labute approximate surface area is 120 Å². The average Bonchev–Trinajstić information content (AvgIpc) is 2.44. The number of nitrogens with one attached hydrogen (secondary N) is 1. The summed E-state index contributed by atoms with van der Waals surface area (Å²) in [6.07, 6.45) is 6.28. The fraction of sp³-hybridized carbons (Fsp3) is 0.667. The average molecular weight is 276 g/mol. The molecule has 5 heteroatoms. The van der Waals surface area contributed by atoms with Crippen molar-refractivity contribution in [3.8, 4) is 0 Å². The van der Waals surface area contributed by atoms with Gasteiger partial charge in [0.25, 0.3) is 0 Å². The molecule has 2 aliphatic rings. The van der Waals surface area contributed by atoms with Gasteiger partial charge < -0.3 is 20.7 Å². The first-order valence-corrected chi connectivity index (χ1v) is 7.57. The second-order valence-corrected chi connectivity index (χ2v) is 5.80. The van der Waals surface area contributed by atoms with Crippen molar-refractivity contribution in [3.05, 3.63) is 12.1 Å². The van der Waals surface area contributed by atoms with E-state index in [9.17, 15) is 0 Å². The van der Waals surface area contributed by atoms with Crippen LogP contribution in [0.3, 0.4) is 0 Å². The topological polar surface area (TPSA) is 63.4 Å². The van der Waals surface area contributed by atoms with E-state index >= 15 is 0 Å². The molecule has 1 aromatic rings. The minimum atomic E-state index is 0.396. The van der Waals surface area contributed by atoms with Crippen molar-refractivity contribution in [1.29, 1.82) is 0 Å². The largest absolute Gasteiger partial charge is 0.396 e. The number of hydrogen-bond acceptors (Lipinski definition) is 5. The lowest BCUT2D eigenvalue weighted by molar-refractivity contribution is 0.0818. The van der Waals surface area contributed by atoms with E-state index in [2.05, 4.69) is 10.2 Å².